The Balaban J connectivity index is 2.02. The minimum Gasteiger partial charge on any atom is -0.379 e. The van der Waals surface area contributed by atoms with Crippen LogP contribution in [0.25, 0.3) is 0 Å². The highest BCUT2D eigenvalue weighted by molar-refractivity contribution is 6.67. The summed E-state index contributed by atoms with van der Waals surface area (Å²) in [6, 6.07) is 7.47. The summed E-state index contributed by atoms with van der Waals surface area (Å²) in [4.78, 5) is 13.3. The highest BCUT2D eigenvalue weighted by Crippen LogP contribution is 2.11. The second-order valence-electron chi connectivity index (χ2n) is 3.86. The SMILES string of the molecule is O=C(Cl)c1cccc(CN2CCOCC2)c1. The maximum atomic E-state index is 11.0. The van der Waals surface area contributed by atoms with Crippen molar-refractivity contribution >= 4 is 16.8 Å². The van der Waals surface area contributed by atoms with Crippen LogP contribution in [0.3, 0.4) is 0 Å². The van der Waals surface area contributed by atoms with Gasteiger partial charge in [0.25, 0.3) is 5.24 Å². The number of hydrogen-bond donors (Lipinski definition) is 0. The van der Waals surface area contributed by atoms with E-state index >= 15 is 0 Å². The first-order chi connectivity index (χ1) is 7.75. The number of carbonyl (C=O) groups excluding carboxylic acids is 1. The lowest BCUT2D eigenvalue weighted by atomic mass is 10.1. The van der Waals surface area contributed by atoms with Crippen molar-refractivity contribution < 1.29 is 9.53 Å². The van der Waals surface area contributed by atoms with Crippen LogP contribution < -0.4 is 0 Å². The number of nitrogens with zero attached hydrogens (tertiary/aromatic N) is 1. The highest BCUT2D eigenvalue weighted by atomic mass is 35.5. The van der Waals surface area contributed by atoms with Gasteiger partial charge in [-0.2, -0.15) is 0 Å². The molecule has 0 aliphatic carbocycles. The molecule has 1 saturated heterocycles. The van der Waals surface area contributed by atoms with Crippen LogP contribution in [-0.2, 0) is 11.3 Å². The number of halogens is 1. The standard InChI is InChI=1S/C12H14ClNO2/c13-12(15)11-3-1-2-10(8-11)9-14-4-6-16-7-5-14/h1-3,8H,4-7,9H2. The average molecular weight is 240 g/mol. The van der Waals surface area contributed by atoms with Gasteiger partial charge in [0.2, 0.25) is 0 Å². The van der Waals surface area contributed by atoms with Crippen LogP contribution >= 0.6 is 11.6 Å². The van der Waals surface area contributed by atoms with Crippen LogP contribution in [0.5, 0.6) is 0 Å². The summed E-state index contributed by atoms with van der Waals surface area (Å²) in [7, 11) is 0. The van der Waals surface area contributed by atoms with Crippen LogP contribution in [0.15, 0.2) is 24.3 Å². The van der Waals surface area contributed by atoms with Gasteiger partial charge in [0.1, 0.15) is 0 Å². The normalized spacial score (nSPS) is 17.3. The molecule has 86 valence electrons. The van der Waals surface area contributed by atoms with E-state index in [1.807, 2.05) is 18.2 Å². The third kappa shape index (κ3) is 3.04. The third-order valence-corrected chi connectivity index (χ3v) is 2.88. The van der Waals surface area contributed by atoms with E-state index in [-0.39, 0.29) is 0 Å². The van der Waals surface area contributed by atoms with Gasteiger partial charge in [0.15, 0.2) is 0 Å². The zero-order valence-corrected chi connectivity index (χ0v) is 9.74. The van der Waals surface area contributed by atoms with E-state index in [9.17, 15) is 4.79 Å². The van der Waals surface area contributed by atoms with Gasteiger partial charge in [0, 0.05) is 25.2 Å². The fraction of sp³-hybridized carbons (Fsp3) is 0.417. The van der Waals surface area contributed by atoms with Crippen LogP contribution in [0.2, 0.25) is 0 Å². The molecule has 1 aromatic rings. The number of carbonyl (C=O) groups is 1. The molecule has 16 heavy (non-hydrogen) atoms. The summed E-state index contributed by atoms with van der Waals surface area (Å²) in [6.45, 7) is 4.31. The number of morpholine rings is 1. The summed E-state index contributed by atoms with van der Waals surface area (Å²) in [5, 5.41) is -0.399. The summed E-state index contributed by atoms with van der Waals surface area (Å²) in [5.74, 6) is 0. The van der Waals surface area contributed by atoms with Crippen LogP contribution in [0, 0.1) is 0 Å². The molecule has 1 aliphatic heterocycles. The zero-order valence-electron chi connectivity index (χ0n) is 8.99. The minimum absolute atomic E-state index is 0.399. The Morgan fingerprint density at radius 1 is 1.38 bits per heavy atom. The van der Waals surface area contributed by atoms with Gasteiger partial charge in [-0.1, -0.05) is 18.2 Å². The lowest BCUT2D eigenvalue weighted by Crippen LogP contribution is -2.35. The maximum absolute atomic E-state index is 11.0. The molecule has 1 aliphatic rings. The molecular weight excluding hydrogens is 226 g/mol. The summed E-state index contributed by atoms with van der Waals surface area (Å²) < 4.78 is 5.28. The summed E-state index contributed by atoms with van der Waals surface area (Å²) >= 11 is 5.45. The molecule has 0 aromatic heterocycles. The van der Waals surface area contributed by atoms with Crippen molar-refractivity contribution in [3.63, 3.8) is 0 Å². The third-order valence-electron chi connectivity index (χ3n) is 2.66. The van der Waals surface area contributed by atoms with E-state index in [0.717, 1.165) is 38.4 Å². The second-order valence-corrected chi connectivity index (χ2v) is 4.21. The molecule has 0 bridgehead atoms. The van der Waals surface area contributed by atoms with Crippen molar-refractivity contribution in [2.24, 2.45) is 0 Å². The zero-order chi connectivity index (χ0) is 11.4. The van der Waals surface area contributed by atoms with Gasteiger partial charge in [-0.3, -0.25) is 9.69 Å². The van der Waals surface area contributed by atoms with Crippen LogP contribution in [-0.4, -0.2) is 36.4 Å². The van der Waals surface area contributed by atoms with Gasteiger partial charge >= 0.3 is 0 Å². The minimum atomic E-state index is -0.399. The Hall–Kier alpha value is -0.900. The molecule has 0 N–H and O–H groups in total. The Morgan fingerprint density at radius 2 is 2.12 bits per heavy atom. The molecular formula is C12H14ClNO2. The van der Waals surface area contributed by atoms with E-state index in [4.69, 9.17) is 16.3 Å². The number of ether oxygens (including phenoxy) is 1. The number of hydrogen-bond acceptors (Lipinski definition) is 3. The molecule has 4 heteroatoms. The molecule has 0 unspecified atom stereocenters. The fourth-order valence-corrected chi connectivity index (χ4v) is 1.93. The molecule has 0 radical (unpaired) electrons. The van der Waals surface area contributed by atoms with Gasteiger partial charge in [-0.25, -0.2) is 0 Å². The largest absolute Gasteiger partial charge is 0.379 e. The number of rotatable bonds is 3. The van der Waals surface area contributed by atoms with E-state index < -0.39 is 5.24 Å². The van der Waals surface area contributed by atoms with Gasteiger partial charge in [0.05, 0.1) is 13.2 Å². The predicted molar refractivity (Wildman–Crippen MR) is 62.7 cm³/mol. The summed E-state index contributed by atoms with van der Waals surface area (Å²) in [5.41, 5.74) is 1.68. The van der Waals surface area contributed by atoms with E-state index in [0.29, 0.717) is 5.56 Å². The van der Waals surface area contributed by atoms with Crippen molar-refractivity contribution in [2.75, 3.05) is 26.3 Å². The first kappa shape index (κ1) is 11.6. The van der Waals surface area contributed by atoms with Crippen LogP contribution in [0.1, 0.15) is 15.9 Å². The monoisotopic (exact) mass is 239 g/mol. The van der Waals surface area contributed by atoms with Gasteiger partial charge in [-0.15, -0.1) is 0 Å². The van der Waals surface area contributed by atoms with Crippen molar-refractivity contribution in [1.29, 1.82) is 0 Å². The molecule has 3 nitrogen and oxygen atoms in total. The van der Waals surface area contributed by atoms with Crippen molar-refractivity contribution in [2.45, 2.75) is 6.54 Å². The first-order valence-electron chi connectivity index (χ1n) is 5.34. The molecule has 0 amide bonds. The molecule has 0 atom stereocenters. The quantitative estimate of drug-likeness (QED) is 0.755. The smallest absolute Gasteiger partial charge is 0.252 e. The lowest BCUT2D eigenvalue weighted by Gasteiger charge is -2.26. The second kappa shape index (κ2) is 5.43. The Kier molecular flexibility index (Phi) is 3.93. The predicted octanol–water partition coefficient (Wildman–Crippen LogP) is 1.90. The van der Waals surface area contributed by atoms with Crippen molar-refractivity contribution in [3.05, 3.63) is 35.4 Å². The highest BCUT2D eigenvalue weighted by Gasteiger charge is 2.11. The van der Waals surface area contributed by atoms with Gasteiger partial charge in [-0.05, 0) is 23.2 Å². The molecule has 2 rings (SSSR count). The molecule has 1 heterocycles. The molecule has 0 saturated carbocycles. The average Bonchev–Trinajstić information content (AvgIpc) is 2.30. The molecule has 1 fully saturated rings. The first-order valence-corrected chi connectivity index (χ1v) is 5.72. The van der Waals surface area contributed by atoms with E-state index in [1.165, 1.54) is 0 Å². The maximum Gasteiger partial charge on any atom is 0.252 e. The number of benzene rings is 1. The van der Waals surface area contributed by atoms with Crippen molar-refractivity contribution in [3.8, 4) is 0 Å². The lowest BCUT2D eigenvalue weighted by molar-refractivity contribution is 0.0342. The van der Waals surface area contributed by atoms with Crippen molar-refractivity contribution in [1.82, 2.24) is 4.90 Å². The topological polar surface area (TPSA) is 29.5 Å². The Morgan fingerprint density at radius 3 is 2.81 bits per heavy atom. The molecule has 0 spiro atoms. The van der Waals surface area contributed by atoms with Crippen LogP contribution in [0.4, 0.5) is 0 Å². The van der Waals surface area contributed by atoms with E-state index in [1.54, 1.807) is 6.07 Å². The van der Waals surface area contributed by atoms with E-state index in [2.05, 4.69) is 4.90 Å². The van der Waals surface area contributed by atoms with Gasteiger partial charge < -0.3 is 4.74 Å². The Bertz CT molecular complexity index is 375. The fourth-order valence-electron chi connectivity index (χ4n) is 1.81. The molecule has 1 aromatic carbocycles. The Labute approximate surface area is 100.0 Å². The summed E-state index contributed by atoms with van der Waals surface area (Å²) in [6.07, 6.45) is 0.